The van der Waals surface area contributed by atoms with E-state index in [1.54, 1.807) is 6.07 Å². The lowest BCUT2D eigenvalue weighted by Gasteiger charge is -2.00. The van der Waals surface area contributed by atoms with Gasteiger partial charge in [0.05, 0.1) is 13.7 Å². The molecule has 0 unspecified atom stereocenters. The predicted molar refractivity (Wildman–Crippen MR) is 71.4 cm³/mol. The second kappa shape index (κ2) is 5.47. The Balaban J connectivity index is 2.18. The van der Waals surface area contributed by atoms with Gasteiger partial charge in [-0.3, -0.25) is 4.79 Å². The van der Waals surface area contributed by atoms with Gasteiger partial charge in [0.15, 0.2) is 17.4 Å². The fourth-order valence-corrected chi connectivity index (χ4v) is 3.05. The third-order valence-corrected chi connectivity index (χ3v) is 4.78. The largest absolute Gasteiger partial charge is 0.293 e. The van der Waals surface area contributed by atoms with Gasteiger partial charge in [-0.25, -0.2) is 8.78 Å². The smallest absolute Gasteiger partial charge is 0.177 e. The fourth-order valence-electron chi connectivity index (χ4n) is 1.41. The molecule has 0 bridgehead atoms. The standard InChI is InChI=1S/C12H6BrClF2OS/c13-12-7(14)5-11(18-12)10(17)4-6-1-2-8(15)9(16)3-6/h1-3,5H,4H2. The Labute approximate surface area is 120 Å². The van der Waals surface area contributed by atoms with E-state index < -0.39 is 11.6 Å². The minimum Gasteiger partial charge on any atom is -0.293 e. The first-order chi connectivity index (χ1) is 8.47. The summed E-state index contributed by atoms with van der Waals surface area (Å²) in [5.41, 5.74) is 0.430. The second-order valence-corrected chi connectivity index (χ2v) is 6.36. The van der Waals surface area contributed by atoms with Crippen LogP contribution in [0.1, 0.15) is 15.2 Å². The summed E-state index contributed by atoms with van der Waals surface area (Å²) in [6.07, 6.45) is 0.0144. The van der Waals surface area contributed by atoms with E-state index in [0.29, 0.717) is 19.2 Å². The molecule has 94 valence electrons. The quantitative estimate of drug-likeness (QED) is 0.721. The second-order valence-electron chi connectivity index (χ2n) is 3.58. The van der Waals surface area contributed by atoms with Crippen LogP contribution in [0.25, 0.3) is 0 Å². The van der Waals surface area contributed by atoms with Gasteiger partial charge < -0.3 is 0 Å². The molecular formula is C12H6BrClF2OS. The highest BCUT2D eigenvalue weighted by molar-refractivity contribution is 9.11. The van der Waals surface area contributed by atoms with Crippen molar-refractivity contribution in [3.8, 4) is 0 Å². The highest BCUT2D eigenvalue weighted by Crippen LogP contribution is 2.32. The van der Waals surface area contributed by atoms with Crippen LogP contribution in [0.15, 0.2) is 28.1 Å². The van der Waals surface area contributed by atoms with Crippen molar-refractivity contribution in [2.75, 3.05) is 0 Å². The summed E-state index contributed by atoms with van der Waals surface area (Å²) in [5, 5.41) is 0.466. The zero-order chi connectivity index (χ0) is 13.3. The molecule has 18 heavy (non-hydrogen) atoms. The SMILES string of the molecule is O=C(Cc1ccc(F)c(F)c1)c1cc(Cl)c(Br)s1. The number of hydrogen-bond donors (Lipinski definition) is 0. The number of halogens is 4. The van der Waals surface area contributed by atoms with Crippen LogP contribution < -0.4 is 0 Å². The van der Waals surface area contributed by atoms with Crippen molar-refractivity contribution in [1.29, 1.82) is 0 Å². The van der Waals surface area contributed by atoms with Gasteiger partial charge >= 0.3 is 0 Å². The van der Waals surface area contributed by atoms with Crippen molar-refractivity contribution < 1.29 is 13.6 Å². The van der Waals surface area contributed by atoms with Crippen LogP contribution in [0, 0.1) is 11.6 Å². The number of ketones is 1. The van der Waals surface area contributed by atoms with Crippen molar-refractivity contribution in [3.63, 3.8) is 0 Å². The molecule has 6 heteroatoms. The van der Waals surface area contributed by atoms with Gasteiger partial charge in [-0.1, -0.05) is 17.7 Å². The van der Waals surface area contributed by atoms with E-state index in [1.807, 2.05) is 0 Å². The molecule has 0 radical (unpaired) electrons. The van der Waals surface area contributed by atoms with E-state index in [2.05, 4.69) is 15.9 Å². The van der Waals surface area contributed by atoms with Crippen LogP contribution in [0.4, 0.5) is 8.78 Å². The number of Topliss-reactive ketones (excluding diaryl/α,β-unsaturated/α-hetero) is 1. The molecule has 0 aliphatic rings. The minimum atomic E-state index is -0.953. The molecule has 0 aliphatic heterocycles. The average Bonchev–Trinajstić information content (AvgIpc) is 2.65. The summed E-state index contributed by atoms with van der Waals surface area (Å²) in [5.74, 6) is -2.06. The van der Waals surface area contributed by atoms with Crippen LogP contribution in [0.2, 0.25) is 5.02 Å². The van der Waals surface area contributed by atoms with Crippen LogP contribution in [0.3, 0.4) is 0 Å². The van der Waals surface area contributed by atoms with Gasteiger partial charge in [0.1, 0.15) is 0 Å². The number of carbonyl (C=O) groups is 1. The zero-order valence-electron chi connectivity index (χ0n) is 8.84. The first-order valence-corrected chi connectivity index (χ1v) is 6.88. The Hall–Kier alpha value is -0.780. The fraction of sp³-hybridized carbons (Fsp3) is 0.0833. The molecule has 2 rings (SSSR count). The zero-order valence-corrected chi connectivity index (χ0v) is 12.0. The summed E-state index contributed by atoms with van der Waals surface area (Å²) in [6.45, 7) is 0. The molecule has 0 atom stereocenters. The number of thiophene rings is 1. The third-order valence-electron chi connectivity index (χ3n) is 2.27. The summed E-state index contributed by atoms with van der Waals surface area (Å²) in [6, 6.07) is 4.98. The molecule has 1 aromatic carbocycles. The Morgan fingerprint density at radius 3 is 2.56 bits per heavy atom. The Bertz CT molecular complexity index is 593. The van der Waals surface area contributed by atoms with Gasteiger partial charge in [-0.05, 0) is 39.7 Å². The molecule has 0 fully saturated rings. The molecule has 1 heterocycles. The van der Waals surface area contributed by atoms with Gasteiger partial charge in [-0.2, -0.15) is 0 Å². The highest BCUT2D eigenvalue weighted by atomic mass is 79.9. The summed E-state index contributed by atoms with van der Waals surface area (Å²) < 4.78 is 26.4. The molecule has 0 saturated heterocycles. The maximum atomic E-state index is 13.0. The van der Waals surface area contributed by atoms with E-state index in [9.17, 15) is 13.6 Å². The van der Waals surface area contributed by atoms with Crippen LogP contribution >= 0.6 is 38.9 Å². The monoisotopic (exact) mass is 350 g/mol. The lowest BCUT2D eigenvalue weighted by Crippen LogP contribution is -2.02. The molecular weight excluding hydrogens is 346 g/mol. The maximum absolute atomic E-state index is 13.0. The van der Waals surface area contributed by atoms with E-state index in [0.717, 1.165) is 12.1 Å². The molecule has 0 N–H and O–H groups in total. The number of carbonyl (C=O) groups excluding carboxylic acids is 1. The normalized spacial score (nSPS) is 10.7. The van der Waals surface area contributed by atoms with E-state index >= 15 is 0 Å². The topological polar surface area (TPSA) is 17.1 Å². The maximum Gasteiger partial charge on any atom is 0.177 e. The molecule has 0 aliphatic carbocycles. The molecule has 0 spiro atoms. The van der Waals surface area contributed by atoms with Crippen molar-refractivity contribution >= 4 is 44.7 Å². The number of benzene rings is 1. The molecule has 1 nitrogen and oxygen atoms in total. The van der Waals surface area contributed by atoms with Crippen molar-refractivity contribution in [1.82, 2.24) is 0 Å². The lowest BCUT2D eigenvalue weighted by atomic mass is 10.1. The molecule has 1 aromatic heterocycles. The molecule has 0 amide bonds. The molecule has 2 aromatic rings. The Kier molecular flexibility index (Phi) is 4.14. The summed E-state index contributed by atoms with van der Waals surface area (Å²) in [7, 11) is 0. The first kappa shape index (κ1) is 13.6. The van der Waals surface area contributed by atoms with E-state index in [1.165, 1.54) is 17.4 Å². The number of rotatable bonds is 3. The van der Waals surface area contributed by atoms with Gasteiger partial charge in [-0.15, -0.1) is 11.3 Å². The summed E-state index contributed by atoms with van der Waals surface area (Å²) >= 11 is 10.3. The van der Waals surface area contributed by atoms with Gasteiger partial charge in [0.25, 0.3) is 0 Å². The summed E-state index contributed by atoms with van der Waals surface area (Å²) in [4.78, 5) is 12.4. The first-order valence-electron chi connectivity index (χ1n) is 4.89. The molecule has 0 saturated carbocycles. The number of hydrogen-bond acceptors (Lipinski definition) is 2. The van der Waals surface area contributed by atoms with Crippen molar-refractivity contribution in [2.45, 2.75) is 6.42 Å². The Morgan fingerprint density at radius 1 is 1.28 bits per heavy atom. The van der Waals surface area contributed by atoms with Crippen LogP contribution in [-0.4, -0.2) is 5.78 Å². The van der Waals surface area contributed by atoms with Crippen molar-refractivity contribution in [3.05, 3.63) is 55.1 Å². The predicted octanol–water partition coefficient (Wildman–Crippen LogP) is 4.87. The average molecular weight is 352 g/mol. The van der Waals surface area contributed by atoms with E-state index in [-0.39, 0.29) is 12.2 Å². The van der Waals surface area contributed by atoms with Crippen LogP contribution in [-0.2, 0) is 6.42 Å². The highest BCUT2D eigenvalue weighted by Gasteiger charge is 2.13. The van der Waals surface area contributed by atoms with Crippen molar-refractivity contribution in [2.24, 2.45) is 0 Å². The third kappa shape index (κ3) is 2.96. The lowest BCUT2D eigenvalue weighted by molar-refractivity contribution is 0.0996. The van der Waals surface area contributed by atoms with Gasteiger partial charge in [0, 0.05) is 6.42 Å². The minimum absolute atomic E-state index is 0.0144. The van der Waals surface area contributed by atoms with Gasteiger partial charge in [0.2, 0.25) is 0 Å². The Morgan fingerprint density at radius 2 is 2.00 bits per heavy atom. The van der Waals surface area contributed by atoms with Crippen LogP contribution in [0.5, 0.6) is 0 Å². The van der Waals surface area contributed by atoms with E-state index in [4.69, 9.17) is 11.6 Å².